The molecular formula is C12H15FN2O2. The summed E-state index contributed by atoms with van der Waals surface area (Å²) < 4.78 is 18.3. The number of ether oxygens (including phenoxy) is 1. The van der Waals surface area contributed by atoms with Gasteiger partial charge in [-0.25, -0.2) is 4.39 Å². The molecule has 0 radical (unpaired) electrons. The lowest BCUT2D eigenvalue weighted by molar-refractivity contribution is 0.0724. The van der Waals surface area contributed by atoms with E-state index in [9.17, 15) is 9.18 Å². The zero-order valence-corrected chi connectivity index (χ0v) is 9.65. The third-order valence-corrected chi connectivity index (χ3v) is 2.93. The van der Waals surface area contributed by atoms with Gasteiger partial charge >= 0.3 is 0 Å². The van der Waals surface area contributed by atoms with E-state index in [4.69, 9.17) is 10.5 Å². The molecule has 1 aromatic carbocycles. The molecule has 1 aromatic rings. The fourth-order valence-corrected chi connectivity index (χ4v) is 2.02. The van der Waals surface area contributed by atoms with E-state index in [1.54, 1.807) is 12.0 Å². The fraction of sp³-hybridized carbons (Fsp3) is 0.417. The van der Waals surface area contributed by atoms with Crippen LogP contribution in [0.15, 0.2) is 18.2 Å². The van der Waals surface area contributed by atoms with Crippen molar-refractivity contribution in [3.05, 3.63) is 29.6 Å². The summed E-state index contributed by atoms with van der Waals surface area (Å²) in [5, 5.41) is 0. The largest absolute Gasteiger partial charge is 0.399 e. The van der Waals surface area contributed by atoms with Crippen molar-refractivity contribution in [2.75, 3.05) is 25.9 Å². The molecule has 2 N–H and O–H groups in total. The molecule has 1 heterocycles. The highest BCUT2D eigenvalue weighted by Gasteiger charge is 2.26. The van der Waals surface area contributed by atoms with Gasteiger partial charge in [0.2, 0.25) is 0 Å². The molecular weight excluding hydrogens is 223 g/mol. The summed E-state index contributed by atoms with van der Waals surface area (Å²) in [6.45, 7) is 1.18. The number of halogens is 1. The zero-order chi connectivity index (χ0) is 12.4. The first-order chi connectivity index (χ1) is 8.10. The molecule has 1 aliphatic heterocycles. The summed E-state index contributed by atoms with van der Waals surface area (Å²) >= 11 is 0. The number of amides is 1. The predicted molar refractivity (Wildman–Crippen MR) is 62.1 cm³/mol. The van der Waals surface area contributed by atoms with Gasteiger partial charge in [0.1, 0.15) is 5.82 Å². The number of nitrogens with zero attached hydrogens (tertiary/aromatic N) is 1. The molecule has 0 aliphatic carbocycles. The van der Waals surface area contributed by atoms with Crippen molar-refractivity contribution < 1.29 is 13.9 Å². The molecule has 92 valence electrons. The zero-order valence-electron chi connectivity index (χ0n) is 9.65. The molecule has 0 spiro atoms. The molecule has 17 heavy (non-hydrogen) atoms. The smallest absolute Gasteiger partial charge is 0.254 e. The van der Waals surface area contributed by atoms with Crippen LogP contribution < -0.4 is 5.73 Å². The molecule has 1 amide bonds. The van der Waals surface area contributed by atoms with Crippen molar-refractivity contribution in [2.45, 2.75) is 12.5 Å². The fourth-order valence-electron chi connectivity index (χ4n) is 2.02. The Hall–Kier alpha value is -1.62. The number of hydrogen-bond donors (Lipinski definition) is 1. The highest BCUT2D eigenvalue weighted by molar-refractivity contribution is 5.95. The lowest BCUT2D eigenvalue weighted by atomic mass is 10.1. The molecule has 5 heteroatoms. The van der Waals surface area contributed by atoms with E-state index in [1.165, 1.54) is 18.2 Å². The summed E-state index contributed by atoms with van der Waals surface area (Å²) in [6.07, 6.45) is 0.886. The first-order valence-electron chi connectivity index (χ1n) is 5.48. The molecule has 0 aromatic heterocycles. The summed E-state index contributed by atoms with van der Waals surface area (Å²) in [5.74, 6) is -0.688. The molecule has 0 saturated carbocycles. The second kappa shape index (κ2) is 4.71. The molecule has 2 rings (SSSR count). The number of hydrogen-bond acceptors (Lipinski definition) is 3. The van der Waals surface area contributed by atoms with Crippen LogP contribution in [0.25, 0.3) is 0 Å². The molecule has 1 saturated heterocycles. The van der Waals surface area contributed by atoms with E-state index >= 15 is 0 Å². The molecule has 4 nitrogen and oxygen atoms in total. The maximum atomic E-state index is 13.1. The SMILES string of the molecule is COC1CCN(C(=O)c2cc(N)cc(F)c2)C1. The Bertz CT molecular complexity index is 416. The topological polar surface area (TPSA) is 55.6 Å². The minimum atomic E-state index is -0.490. The summed E-state index contributed by atoms with van der Waals surface area (Å²) in [5.41, 5.74) is 6.06. The van der Waals surface area contributed by atoms with Gasteiger partial charge in [0, 0.05) is 31.5 Å². The first-order valence-corrected chi connectivity index (χ1v) is 5.48. The third-order valence-electron chi connectivity index (χ3n) is 2.93. The maximum Gasteiger partial charge on any atom is 0.254 e. The molecule has 0 bridgehead atoms. The summed E-state index contributed by atoms with van der Waals surface area (Å²) in [7, 11) is 1.62. The number of carbonyl (C=O) groups is 1. The van der Waals surface area contributed by atoms with Crippen molar-refractivity contribution in [3.63, 3.8) is 0 Å². The van der Waals surface area contributed by atoms with Crippen molar-refractivity contribution >= 4 is 11.6 Å². The third kappa shape index (κ3) is 2.55. The Morgan fingerprint density at radius 3 is 2.88 bits per heavy atom. The van der Waals surface area contributed by atoms with E-state index in [1.807, 2.05) is 0 Å². The Balaban J connectivity index is 2.14. The van der Waals surface area contributed by atoms with Gasteiger partial charge in [0.15, 0.2) is 0 Å². The van der Waals surface area contributed by atoms with Crippen LogP contribution in [-0.2, 0) is 4.74 Å². The second-order valence-electron chi connectivity index (χ2n) is 4.17. The van der Waals surface area contributed by atoms with Gasteiger partial charge in [0.05, 0.1) is 6.10 Å². The van der Waals surface area contributed by atoms with E-state index < -0.39 is 5.82 Å². The van der Waals surface area contributed by atoms with Crippen molar-refractivity contribution in [3.8, 4) is 0 Å². The number of nitrogen functional groups attached to an aromatic ring is 1. The van der Waals surface area contributed by atoms with Crippen molar-refractivity contribution in [1.82, 2.24) is 4.90 Å². The summed E-state index contributed by atoms with van der Waals surface area (Å²) in [6, 6.07) is 3.89. The number of likely N-dealkylation sites (tertiary alicyclic amines) is 1. The molecule has 1 fully saturated rings. The predicted octanol–water partition coefficient (Wildman–Crippen LogP) is 1.27. The standard InChI is InChI=1S/C12H15FN2O2/c1-17-11-2-3-15(7-11)12(16)8-4-9(13)6-10(14)5-8/h4-6,11H,2-3,7,14H2,1H3. The number of benzene rings is 1. The van der Waals surface area contributed by atoms with Gasteiger partial charge in [-0.15, -0.1) is 0 Å². The van der Waals surface area contributed by atoms with E-state index in [-0.39, 0.29) is 17.7 Å². The first kappa shape index (κ1) is 11.9. The number of methoxy groups -OCH3 is 1. The van der Waals surface area contributed by atoms with Crippen LogP contribution in [0.2, 0.25) is 0 Å². The highest BCUT2D eigenvalue weighted by atomic mass is 19.1. The van der Waals surface area contributed by atoms with Gasteiger partial charge in [0.25, 0.3) is 5.91 Å². The number of nitrogens with two attached hydrogens (primary N) is 1. The summed E-state index contributed by atoms with van der Waals surface area (Å²) in [4.78, 5) is 13.7. The van der Waals surface area contributed by atoms with Crippen LogP contribution in [0, 0.1) is 5.82 Å². The Kier molecular flexibility index (Phi) is 3.28. The quantitative estimate of drug-likeness (QED) is 0.789. The van der Waals surface area contributed by atoms with Gasteiger partial charge in [-0.05, 0) is 24.6 Å². The average molecular weight is 238 g/mol. The molecule has 1 unspecified atom stereocenters. The minimum absolute atomic E-state index is 0.0739. The van der Waals surface area contributed by atoms with Gasteiger partial charge in [-0.3, -0.25) is 4.79 Å². The van der Waals surface area contributed by atoms with Crippen LogP contribution >= 0.6 is 0 Å². The maximum absolute atomic E-state index is 13.1. The Morgan fingerprint density at radius 2 is 2.29 bits per heavy atom. The van der Waals surface area contributed by atoms with Crippen molar-refractivity contribution in [1.29, 1.82) is 0 Å². The van der Waals surface area contributed by atoms with Crippen LogP contribution in [0.1, 0.15) is 16.8 Å². The van der Waals surface area contributed by atoms with Crippen LogP contribution in [0.5, 0.6) is 0 Å². The van der Waals surface area contributed by atoms with Gasteiger partial charge in [-0.2, -0.15) is 0 Å². The lowest BCUT2D eigenvalue weighted by Crippen LogP contribution is -2.30. The minimum Gasteiger partial charge on any atom is -0.399 e. The molecule has 1 atom stereocenters. The normalized spacial score (nSPS) is 19.6. The van der Waals surface area contributed by atoms with Crippen LogP contribution in [0.3, 0.4) is 0 Å². The number of anilines is 1. The number of rotatable bonds is 2. The van der Waals surface area contributed by atoms with E-state index in [0.29, 0.717) is 18.7 Å². The van der Waals surface area contributed by atoms with Crippen LogP contribution in [-0.4, -0.2) is 37.1 Å². The lowest BCUT2D eigenvalue weighted by Gasteiger charge is -2.16. The average Bonchev–Trinajstić information content (AvgIpc) is 2.75. The Morgan fingerprint density at radius 1 is 1.53 bits per heavy atom. The van der Waals surface area contributed by atoms with Crippen LogP contribution in [0.4, 0.5) is 10.1 Å². The van der Waals surface area contributed by atoms with Gasteiger partial charge in [-0.1, -0.05) is 0 Å². The number of carbonyl (C=O) groups excluding carboxylic acids is 1. The second-order valence-corrected chi connectivity index (χ2v) is 4.17. The monoisotopic (exact) mass is 238 g/mol. The highest BCUT2D eigenvalue weighted by Crippen LogP contribution is 2.18. The van der Waals surface area contributed by atoms with Crippen molar-refractivity contribution in [2.24, 2.45) is 0 Å². The van der Waals surface area contributed by atoms with Gasteiger partial charge < -0.3 is 15.4 Å². The Labute approximate surface area is 99.2 Å². The van der Waals surface area contributed by atoms with E-state index in [2.05, 4.69) is 0 Å². The van der Waals surface area contributed by atoms with E-state index in [0.717, 1.165) is 6.42 Å². The molecule has 1 aliphatic rings.